The van der Waals surface area contributed by atoms with E-state index >= 15 is 0 Å². The maximum Gasteiger partial charge on any atom is 0.127 e. The summed E-state index contributed by atoms with van der Waals surface area (Å²) in [7, 11) is 1.76. The van der Waals surface area contributed by atoms with Crippen LogP contribution in [0.25, 0.3) is 0 Å². The highest BCUT2D eigenvalue weighted by molar-refractivity contribution is 5.60. The number of hydrogen-bond acceptors (Lipinski definition) is 3. The number of carbonyl (C=O) groups is 1. The van der Waals surface area contributed by atoms with Gasteiger partial charge in [-0.25, -0.2) is 0 Å². The Morgan fingerprint density at radius 3 is 2.45 bits per heavy atom. The van der Waals surface area contributed by atoms with Crippen LogP contribution in [0.1, 0.15) is 52.4 Å². The van der Waals surface area contributed by atoms with Gasteiger partial charge in [0.1, 0.15) is 6.29 Å². The fourth-order valence-corrected chi connectivity index (χ4v) is 3.57. The number of nitrogens with zero attached hydrogens (tertiary/aromatic N) is 1. The molecule has 116 valence electrons. The SMILES string of the molecule is COCCN(CC1(C=O)CCC(C)CC1)C(C)C1CC1. The van der Waals surface area contributed by atoms with E-state index in [2.05, 4.69) is 18.7 Å². The summed E-state index contributed by atoms with van der Waals surface area (Å²) < 4.78 is 5.27. The Labute approximate surface area is 124 Å². The molecule has 0 spiro atoms. The number of methoxy groups -OCH3 is 1. The molecule has 3 nitrogen and oxygen atoms in total. The van der Waals surface area contributed by atoms with Gasteiger partial charge in [0, 0.05) is 31.7 Å². The molecule has 1 unspecified atom stereocenters. The van der Waals surface area contributed by atoms with Crippen LogP contribution in [0.15, 0.2) is 0 Å². The van der Waals surface area contributed by atoms with Crippen molar-refractivity contribution in [3.05, 3.63) is 0 Å². The Bertz CT molecular complexity index is 306. The standard InChI is InChI=1S/C17H31NO2/c1-14-6-8-17(13-19,9-7-14)12-18(10-11-20-3)15(2)16-4-5-16/h13-16H,4-12H2,1-3H3. The molecule has 0 amide bonds. The minimum absolute atomic E-state index is 0.0938. The van der Waals surface area contributed by atoms with Crippen molar-refractivity contribution < 1.29 is 9.53 Å². The predicted molar refractivity (Wildman–Crippen MR) is 81.8 cm³/mol. The Morgan fingerprint density at radius 2 is 1.95 bits per heavy atom. The zero-order valence-electron chi connectivity index (χ0n) is 13.4. The summed E-state index contributed by atoms with van der Waals surface area (Å²) >= 11 is 0. The Kier molecular flexibility index (Phi) is 5.62. The van der Waals surface area contributed by atoms with E-state index in [0.29, 0.717) is 6.04 Å². The molecule has 2 aliphatic carbocycles. The summed E-state index contributed by atoms with van der Waals surface area (Å²) in [4.78, 5) is 14.3. The van der Waals surface area contributed by atoms with Crippen LogP contribution in [-0.2, 0) is 9.53 Å². The number of carbonyl (C=O) groups excluding carboxylic acids is 1. The van der Waals surface area contributed by atoms with Gasteiger partial charge in [-0.05, 0) is 57.3 Å². The second-order valence-electron chi connectivity index (χ2n) is 7.20. The Balaban J connectivity index is 1.98. The second-order valence-corrected chi connectivity index (χ2v) is 7.20. The molecule has 0 aromatic carbocycles. The van der Waals surface area contributed by atoms with Gasteiger partial charge in [0.2, 0.25) is 0 Å². The zero-order valence-corrected chi connectivity index (χ0v) is 13.4. The third-order valence-corrected chi connectivity index (χ3v) is 5.50. The van der Waals surface area contributed by atoms with Gasteiger partial charge in [-0.1, -0.05) is 6.92 Å². The largest absolute Gasteiger partial charge is 0.383 e. The normalized spacial score (nSPS) is 32.3. The predicted octanol–water partition coefficient (Wildman–Crippen LogP) is 3.13. The molecule has 0 aliphatic heterocycles. The van der Waals surface area contributed by atoms with E-state index in [-0.39, 0.29) is 5.41 Å². The number of rotatable bonds is 8. The number of aldehydes is 1. The lowest BCUT2D eigenvalue weighted by Gasteiger charge is -2.41. The summed E-state index contributed by atoms with van der Waals surface area (Å²) in [5, 5.41) is 0. The average Bonchev–Trinajstić information content (AvgIpc) is 3.30. The third-order valence-electron chi connectivity index (χ3n) is 5.50. The van der Waals surface area contributed by atoms with Crippen molar-refractivity contribution in [3.8, 4) is 0 Å². The molecule has 2 fully saturated rings. The molecule has 0 saturated heterocycles. The lowest BCUT2D eigenvalue weighted by atomic mass is 9.71. The molecule has 1 atom stereocenters. The van der Waals surface area contributed by atoms with Gasteiger partial charge in [0.05, 0.1) is 6.61 Å². The van der Waals surface area contributed by atoms with Gasteiger partial charge in [-0.2, -0.15) is 0 Å². The second kappa shape index (κ2) is 7.04. The van der Waals surface area contributed by atoms with Crippen molar-refractivity contribution in [2.75, 3.05) is 26.8 Å². The van der Waals surface area contributed by atoms with Crippen molar-refractivity contribution in [2.45, 2.75) is 58.4 Å². The summed E-state index contributed by atoms with van der Waals surface area (Å²) in [5.74, 6) is 1.63. The van der Waals surface area contributed by atoms with E-state index in [1.54, 1.807) is 7.11 Å². The highest BCUT2D eigenvalue weighted by Gasteiger charge is 2.39. The Morgan fingerprint density at radius 1 is 1.30 bits per heavy atom. The van der Waals surface area contributed by atoms with Crippen LogP contribution in [0.3, 0.4) is 0 Å². The number of hydrogen-bond donors (Lipinski definition) is 0. The van der Waals surface area contributed by atoms with Crippen LogP contribution in [0.5, 0.6) is 0 Å². The molecule has 0 aromatic rings. The lowest BCUT2D eigenvalue weighted by molar-refractivity contribution is -0.120. The van der Waals surface area contributed by atoms with E-state index in [4.69, 9.17) is 4.74 Å². The van der Waals surface area contributed by atoms with Gasteiger partial charge in [-0.3, -0.25) is 4.90 Å². The van der Waals surface area contributed by atoms with Crippen LogP contribution in [0, 0.1) is 17.3 Å². The fourth-order valence-electron chi connectivity index (χ4n) is 3.57. The van der Waals surface area contributed by atoms with Crippen LogP contribution in [0.4, 0.5) is 0 Å². The van der Waals surface area contributed by atoms with Crippen LogP contribution < -0.4 is 0 Å². The molecular weight excluding hydrogens is 250 g/mol. The van der Waals surface area contributed by atoms with Crippen LogP contribution in [-0.4, -0.2) is 44.0 Å². The average molecular weight is 281 g/mol. The highest BCUT2D eigenvalue weighted by Crippen LogP contribution is 2.40. The molecule has 0 radical (unpaired) electrons. The highest BCUT2D eigenvalue weighted by atomic mass is 16.5. The number of ether oxygens (including phenoxy) is 1. The zero-order chi connectivity index (χ0) is 14.6. The molecule has 3 heteroatoms. The molecular formula is C17H31NO2. The van der Waals surface area contributed by atoms with E-state index in [1.807, 2.05) is 0 Å². The van der Waals surface area contributed by atoms with Gasteiger partial charge in [-0.15, -0.1) is 0 Å². The van der Waals surface area contributed by atoms with Crippen LogP contribution >= 0.6 is 0 Å². The molecule has 20 heavy (non-hydrogen) atoms. The minimum atomic E-state index is -0.0938. The first-order valence-electron chi connectivity index (χ1n) is 8.29. The topological polar surface area (TPSA) is 29.5 Å². The summed E-state index contributed by atoms with van der Waals surface area (Å²) in [6, 6.07) is 0.598. The van der Waals surface area contributed by atoms with Crippen molar-refractivity contribution in [3.63, 3.8) is 0 Å². The van der Waals surface area contributed by atoms with E-state index in [0.717, 1.165) is 44.4 Å². The van der Waals surface area contributed by atoms with Gasteiger partial charge < -0.3 is 9.53 Å². The monoisotopic (exact) mass is 281 g/mol. The maximum absolute atomic E-state index is 11.7. The molecule has 2 saturated carbocycles. The first kappa shape index (κ1) is 16.0. The first-order valence-corrected chi connectivity index (χ1v) is 8.29. The summed E-state index contributed by atoms with van der Waals surface area (Å²) in [6.45, 7) is 7.30. The minimum Gasteiger partial charge on any atom is -0.383 e. The third kappa shape index (κ3) is 4.05. The van der Waals surface area contributed by atoms with Crippen molar-refractivity contribution in [2.24, 2.45) is 17.3 Å². The first-order chi connectivity index (χ1) is 9.60. The lowest BCUT2D eigenvalue weighted by Crippen LogP contribution is -2.46. The van der Waals surface area contributed by atoms with Gasteiger partial charge in [0.15, 0.2) is 0 Å². The maximum atomic E-state index is 11.7. The van der Waals surface area contributed by atoms with Crippen molar-refractivity contribution in [1.82, 2.24) is 4.90 Å². The molecule has 2 aliphatic rings. The summed E-state index contributed by atoms with van der Waals surface area (Å²) in [5.41, 5.74) is -0.0938. The summed E-state index contributed by atoms with van der Waals surface area (Å²) in [6.07, 6.45) is 8.52. The molecule has 0 bridgehead atoms. The molecule has 0 aromatic heterocycles. The van der Waals surface area contributed by atoms with E-state index < -0.39 is 0 Å². The molecule has 2 rings (SSSR count). The van der Waals surface area contributed by atoms with Crippen molar-refractivity contribution in [1.29, 1.82) is 0 Å². The fraction of sp³-hybridized carbons (Fsp3) is 0.941. The Hall–Kier alpha value is -0.410. The van der Waals surface area contributed by atoms with E-state index in [1.165, 1.54) is 32.0 Å². The smallest absolute Gasteiger partial charge is 0.127 e. The van der Waals surface area contributed by atoms with Crippen molar-refractivity contribution >= 4 is 6.29 Å². The van der Waals surface area contributed by atoms with Gasteiger partial charge in [0.25, 0.3) is 0 Å². The van der Waals surface area contributed by atoms with E-state index in [9.17, 15) is 4.79 Å². The molecule has 0 N–H and O–H groups in total. The molecule has 0 heterocycles. The quantitative estimate of drug-likeness (QED) is 0.640. The van der Waals surface area contributed by atoms with Crippen LogP contribution in [0.2, 0.25) is 0 Å². The van der Waals surface area contributed by atoms with Gasteiger partial charge >= 0.3 is 0 Å².